The van der Waals surface area contributed by atoms with E-state index >= 15 is 0 Å². The lowest BCUT2D eigenvalue weighted by atomic mass is 10.0. The Kier molecular flexibility index (Phi) is 5.54. The van der Waals surface area contributed by atoms with Crippen LogP contribution in [0.5, 0.6) is 0 Å². The zero-order chi connectivity index (χ0) is 24.5. The molecule has 2 aromatic carbocycles. The van der Waals surface area contributed by atoms with Crippen LogP contribution >= 0.6 is 0 Å². The molecule has 0 saturated heterocycles. The van der Waals surface area contributed by atoms with Crippen molar-refractivity contribution in [3.63, 3.8) is 0 Å². The van der Waals surface area contributed by atoms with Gasteiger partial charge < -0.3 is 11.1 Å². The standard InChI is InChI=1S/C25H21N7O3/c1-15(29-24(33)21-22(26)30-31-12-6-11-27-23(21)31)19-13-16-7-5-8-17(14-28-35)20(16)25(34)32(19)18-9-3-2-4-10-18/h2-13,15H,14H2,1H3,(H2,26,30)(H,29,33)/t15-/m0/s1. The van der Waals surface area contributed by atoms with Crippen molar-refractivity contribution in [1.82, 2.24) is 24.5 Å². The summed E-state index contributed by atoms with van der Waals surface area (Å²) in [6, 6.07) is 17.3. The molecule has 10 nitrogen and oxygen atoms in total. The largest absolute Gasteiger partial charge is 0.381 e. The lowest BCUT2D eigenvalue weighted by Gasteiger charge is -2.21. The highest BCUT2D eigenvalue weighted by Crippen LogP contribution is 2.25. The number of nitrogens with one attached hydrogen (secondary N) is 1. The summed E-state index contributed by atoms with van der Waals surface area (Å²) in [7, 11) is 0. The van der Waals surface area contributed by atoms with Crippen LogP contribution in [0.1, 0.15) is 34.6 Å². The highest BCUT2D eigenvalue weighted by Gasteiger charge is 2.24. The number of anilines is 1. The molecule has 0 radical (unpaired) electrons. The Hall–Kier alpha value is -4.86. The molecule has 5 rings (SSSR count). The number of rotatable bonds is 6. The van der Waals surface area contributed by atoms with E-state index in [1.54, 1.807) is 60.3 Å². The van der Waals surface area contributed by atoms with Crippen LogP contribution in [0.2, 0.25) is 0 Å². The maximum Gasteiger partial charge on any atom is 0.263 e. The summed E-state index contributed by atoms with van der Waals surface area (Å²) in [5.74, 6) is -0.409. The summed E-state index contributed by atoms with van der Waals surface area (Å²) in [5.41, 5.74) is 7.92. The fraction of sp³-hybridized carbons (Fsp3) is 0.120. The molecule has 0 saturated carbocycles. The zero-order valence-electron chi connectivity index (χ0n) is 18.8. The highest BCUT2D eigenvalue weighted by atomic mass is 16.3. The van der Waals surface area contributed by atoms with Crippen LogP contribution in [0, 0.1) is 4.91 Å². The average molecular weight is 467 g/mol. The summed E-state index contributed by atoms with van der Waals surface area (Å²) in [4.78, 5) is 42.2. The molecule has 0 spiro atoms. The van der Waals surface area contributed by atoms with E-state index in [1.165, 1.54) is 4.52 Å². The van der Waals surface area contributed by atoms with Gasteiger partial charge in [-0.3, -0.25) is 14.2 Å². The fourth-order valence-electron chi connectivity index (χ4n) is 4.28. The minimum atomic E-state index is -0.592. The molecule has 1 amide bonds. The van der Waals surface area contributed by atoms with Gasteiger partial charge in [-0.2, -0.15) is 4.91 Å². The number of benzene rings is 2. The molecule has 3 aromatic heterocycles. The number of hydrogen-bond donors (Lipinski definition) is 2. The summed E-state index contributed by atoms with van der Waals surface area (Å²) < 4.78 is 2.98. The van der Waals surface area contributed by atoms with Gasteiger partial charge in [-0.25, -0.2) is 9.50 Å². The molecule has 10 heteroatoms. The second-order valence-corrected chi connectivity index (χ2v) is 8.06. The monoisotopic (exact) mass is 467 g/mol. The third kappa shape index (κ3) is 3.80. The number of fused-ring (bicyclic) bond motifs is 2. The van der Waals surface area contributed by atoms with Crippen LogP contribution in [0.4, 0.5) is 5.82 Å². The Morgan fingerprint density at radius 1 is 1.14 bits per heavy atom. The first-order valence-electron chi connectivity index (χ1n) is 10.9. The topological polar surface area (TPSA) is 137 Å². The number of carbonyl (C=O) groups is 1. The van der Waals surface area contributed by atoms with Crippen molar-refractivity contribution >= 4 is 28.1 Å². The van der Waals surface area contributed by atoms with Crippen molar-refractivity contribution in [3.8, 4) is 5.69 Å². The van der Waals surface area contributed by atoms with Crippen LogP contribution in [0.3, 0.4) is 0 Å². The minimum Gasteiger partial charge on any atom is -0.381 e. The van der Waals surface area contributed by atoms with Gasteiger partial charge in [0, 0.05) is 23.8 Å². The Bertz CT molecular complexity index is 1640. The molecule has 35 heavy (non-hydrogen) atoms. The smallest absolute Gasteiger partial charge is 0.263 e. The van der Waals surface area contributed by atoms with E-state index < -0.39 is 11.9 Å². The van der Waals surface area contributed by atoms with E-state index in [2.05, 4.69) is 20.6 Å². The first-order valence-corrected chi connectivity index (χ1v) is 10.9. The van der Waals surface area contributed by atoms with Gasteiger partial charge in [-0.15, -0.1) is 5.10 Å². The Labute approximate surface area is 199 Å². The lowest BCUT2D eigenvalue weighted by Crippen LogP contribution is -2.32. The van der Waals surface area contributed by atoms with Crippen LogP contribution < -0.4 is 16.6 Å². The van der Waals surface area contributed by atoms with E-state index in [0.717, 1.165) is 0 Å². The van der Waals surface area contributed by atoms with Gasteiger partial charge in [-0.05, 0) is 42.1 Å². The Morgan fingerprint density at radius 2 is 1.94 bits per heavy atom. The molecule has 174 valence electrons. The number of amides is 1. The van der Waals surface area contributed by atoms with Crippen LogP contribution in [-0.4, -0.2) is 25.1 Å². The molecule has 0 fully saturated rings. The maximum atomic E-state index is 13.8. The number of carbonyl (C=O) groups excluding carboxylic acids is 1. The summed E-state index contributed by atoms with van der Waals surface area (Å²) >= 11 is 0. The molecule has 1 atom stereocenters. The van der Waals surface area contributed by atoms with Crippen molar-refractivity contribution in [2.24, 2.45) is 5.18 Å². The minimum absolute atomic E-state index is 0.0540. The van der Waals surface area contributed by atoms with Gasteiger partial charge in [0.05, 0.1) is 11.4 Å². The van der Waals surface area contributed by atoms with Gasteiger partial charge in [0.25, 0.3) is 11.5 Å². The number of aromatic nitrogens is 4. The molecule has 3 N–H and O–H groups in total. The third-order valence-electron chi connectivity index (χ3n) is 5.85. The molecule has 0 aliphatic carbocycles. The van der Waals surface area contributed by atoms with Gasteiger partial charge in [-0.1, -0.05) is 41.6 Å². The Morgan fingerprint density at radius 3 is 2.71 bits per heavy atom. The number of pyridine rings is 1. The maximum absolute atomic E-state index is 13.8. The third-order valence-corrected chi connectivity index (χ3v) is 5.85. The van der Waals surface area contributed by atoms with Gasteiger partial charge in [0.2, 0.25) is 0 Å². The molecule has 5 aromatic rings. The fourth-order valence-corrected chi connectivity index (χ4v) is 4.28. The van der Waals surface area contributed by atoms with E-state index in [4.69, 9.17) is 5.73 Å². The molecular weight excluding hydrogens is 446 g/mol. The van der Waals surface area contributed by atoms with Crippen LogP contribution in [0.25, 0.3) is 22.1 Å². The number of hydrogen-bond acceptors (Lipinski definition) is 7. The second kappa shape index (κ2) is 8.82. The van der Waals surface area contributed by atoms with Crippen molar-refractivity contribution in [1.29, 1.82) is 0 Å². The van der Waals surface area contributed by atoms with Crippen molar-refractivity contribution in [2.45, 2.75) is 19.5 Å². The summed E-state index contributed by atoms with van der Waals surface area (Å²) in [6.45, 7) is 1.66. The molecular formula is C25H21N7O3. The quantitative estimate of drug-likeness (QED) is 0.367. The van der Waals surface area contributed by atoms with Crippen molar-refractivity contribution in [3.05, 3.63) is 105 Å². The molecule has 0 bridgehead atoms. The molecule has 0 aliphatic rings. The van der Waals surface area contributed by atoms with Crippen LogP contribution in [-0.2, 0) is 6.54 Å². The number of nitrogen functional groups attached to an aromatic ring is 1. The van der Waals surface area contributed by atoms with Crippen molar-refractivity contribution < 1.29 is 4.79 Å². The number of para-hydroxylation sites is 1. The molecule has 0 unspecified atom stereocenters. The lowest BCUT2D eigenvalue weighted by molar-refractivity contribution is 0.0941. The van der Waals surface area contributed by atoms with E-state index in [9.17, 15) is 14.5 Å². The second-order valence-electron chi connectivity index (χ2n) is 8.06. The van der Waals surface area contributed by atoms with Gasteiger partial charge in [0.15, 0.2) is 11.5 Å². The Balaban J connectivity index is 1.65. The summed E-state index contributed by atoms with van der Waals surface area (Å²) in [5, 5.41) is 11.1. The number of nitrogens with zero attached hydrogens (tertiary/aromatic N) is 5. The highest BCUT2D eigenvalue weighted by molar-refractivity contribution is 6.04. The number of nitroso groups, excluding NO2 is 1. The normalized spacial score (nSPS) is 12.0. The van der Waals surface area contributed by atoms with E-state index in [0.29, 0.717) is 33.4 Å². The predicted octanol–water partition coefficient (Wildman–Crippen LogP) is 3.37. The average Bonchev–Trinajstić information content (AvgIpc) is 3.20. The molecule has 0 aliphatic heterocycles. The van der Waals surface area contributed by atoms with Crippen molar-refractivity contribution in [2.75, 3.05) is 5.73 Å². The summed E-state index contributed by atoms with van der Waals surface area (Å²) in [6.07, 6.45) is 3.21. The molecule has 3 heterocycles. The van der Waals surface area contributed by atoms with E-state index in [1.807, 2.05) is 24.3 Å². The number of nitrogens with two attached hydrogens (primary N) is 1. The zero-order valence-corrected chi connectivity index (χ0v) is 18.8. The van der Waals surface area contributed by atoms with Crippen LogP contribution in [0.15, 0.2) is 83.0 Å². The first-order chi connectivity index (χ1) is 17.0. The SMILES string of the molecule is C[C@H](NC(=O)c1c(N)nn2cccnc12)c1cc2cccc(CN=O)c2c(=O)n1-c1ccccc1. The van der Waals surface area contributed by atoms with Gasteiger partial charge >= 0.3 is 0 Å². The van der Waals surface area contributed by atoms with Gasteiger partial charge in [0.1, 0.15) is 12.1 Å². The predicted molar refractivity (Wildman–Crippen MR) is 132 cm³/mol. The first kappa shape index (κ1) is 22.0. The van der Waals surface area contributed by atoms with E-state index in [-0.39, 0.29) is 23.5 Å².